The van der Waals surface area contributed by atoms with E-state index < -0.39 is 11.4 Å². The number of rotatable bonds is 4. The maximum Gasteiger partial charge on any atom is 0.312 e. The lowest BCUT2D eigenvalue weighted by Crippen LogP contribution is -2.30. The van der Waals surface area contributed by atoms with Crippen molar-refractivity contribution in [3.63, 3.8) is 0 Å². The van der Waals surface area contributed by atoms with E-state index in [1.165, 1.54) is 0 Å². The zero-order chi connectivity index (χ0) is 12.3. The molecule has 0 fully saturated rings. The lowest BCUT2D eigenvalue weighted by Gasteiger charge is -2.20. The Balaban J connectivity index is 2.75. The second-order valence-electron chi connectivity index (χ2n) is 4.17. The summed E-state index contributed by atoms with van der Waals surface area (Å²) >= 11 is 3.31. The summed E-state index contributed by atoms with van der Waals surface area (Å²) in [5.41, 5.74) is 5.26. The minimum Gasteiger partial charge on any atom is -0.491 e. The standard InChI is InChI=1S/C11H14BrNO3/c1-11(2,10(14)15)6-16-9-5-7(13)3-4-8(9)12/h3-5H,6,13H2,1-2H3,(H,14,15). The van der Waals surface area contributed by atoms with E-state index in [0.29, 0.717) is 11.4 Å². The number of nitrogen functional groups attached to an aromatic ring is 1. The monoisotopic (exact) mass is 287 g/mol. The number of hydrogen-bond acceptors (Lipinski definition) is 3. The lowest BCUT2D eigenvalue weighted by atomic mass is 9.95. The highest BCUT2D eigenvalue weighted by molar-refractivity contribution is 9.10. The Kier molecular flexibility index (Phi) is 3.80. The molecule has 1 aromatic rings. The SMILES string of the molecule is CC(C)(COc1cc(N)ccc1Br)C(=O)O. The van der Waals surface area contributed by atoms with Crippen molar-refractivity contribution < 1.29 is 14.6 Å². The van der Waals surface area contributed by atoms with Crippen LogP contribution in [0.2, 0.25) is 0 Å². The Morgan fingerprint density at radius 1 is 1.56 bits per heavy atom. The molecule has 0 unspecified atom stereocenters. The number of carboxylic acids is 1. The summed E-state index contributed by atoms with van der Waals surface area (Å²) in [5.74, 6) is -0.346. The topological polar surface area (TPSA) is 72.5 Å². The first-order chi connectivity index (χ1) is 7.33. The average Bonchev–Trinajstić information content (AvgIpc) is 2.19. The molecule has 0 atom stereocenters. The van der Waals surface area contributed by atoms with Gasteiger partial charge in [-0.1, -0.05) is 0 Å². The van der Waals surface area contributed by atoms with Gasteiger partial charge in [0, 0.05) is 11.8 Å². The molecule has 88 valence electrons. The average molecular weight is 288 g/mol. The third-order valence-corrected chi connectivity index (χ3v) is 2.78. The molecule has 3 N–H and O–H groups in total. The molecular formula is C11H14BrNO3. The molecule has 16 heavy (non-hydrogen) atoms. The highest BCUT2D eigenvalue weighted by atomic mass is 79.9. The van der Waals surface area contributed by atoms with Crippen molar-refractivity contribution in [1.29, 1.82) is 0 Å². The summed E-state index contributed by atoms with van der Waals surface area (Å²) < 4.78 is 6.19. The normalized spacial score (nSPS) is 11.2. The van der Waals surface area contributed by atoms with E-state index in [-0.39, 0.29) is 6.61 Å². The largest absolute Gasteiger partial charge is 0.491 e. The van der Waals surface area contributed by atoms with E-state index >= 15 is 0 Å². The minimum atomic E-state index is -0.927. The number of aliphatic carboxylic acids is 1. The molecule has 0 saturated carbocycles. The van der Waals surface area contributed by atoms with Crippen LogP contribution in [0.5, 0.6) is 5.75 Å². The van der Waals surface area contributed by atoms with Gasteiger partial charge in [-0.25, -0.2) is 0 Å². The van der Waals surface area contributed by atoms with E-state index in [0.717, 1.165) is 4.47 Å². The van der Waals surface area contributed by atoms with Crippen molar-refractivity contribution in [2.75, 3.05) is 12.3 Å². The highest BCUT2D eigenvalue weighted by Crippen LogP contribution is 2.28. The Labute approximate surface area is 103 Å². The zero-order valence-corrected chi connectivity index (χ0v) is 10.7. The molecule has 1 aromatic carbocycles. The molecule has 0 saturated heterocycles. The molecule has 5 heteroatoms. The maximum absolute atomic E-state index is 10.9. The van der Waals surface area contributed by atoms with Gasteiger partial charge in [0.2, 0.25) is 0 Å². The molecule has 0 aromatic heterocycles. The zero-order valence-electron chi connectivity index (χ0n) is 9.16. The highest BCUT2D eigenvalue weighted by Gasteiger charge is 2.28. The van der Waals surface area contributed by atoms with Crippen molar-refractivity contribution in [2.24, 2.45) is 5.41 Å². The van der Waals surface area contributed by atoms with Crippen LogP contribution in [-0.2, 0) is 4.79 Å². The molecule has 0 aliphatic carbocycles. The summed E-state index contributed by atoms with van der Waals surface area (Å²) in [5, 5.41) is 8.93. The van der Waals surface area contributed by atoms with Crippen LogP contribution < -0.4 is 10.5 Å². The van der Waals surface area contributed by atoms with Gasteiger partial charge in [-0.15, -0.1) is 0 Å². The Morgan fingerprint density at radius 3 is 2.75 bits per heavy atom. The number of hydrogen-bond donors (Lipinski definition) is 2. The molecule has 0 radical (unpaired) electrons. The fourth-order valence-electron chi connectivity index (χ4n) is 0.950. The van der Waals surface area contributed by atoms with Crippen LogP contribution in [0.1, 0.15) is 13.8 Å². The van der Waals surface area contributed by atoms with Gasteiger partial charge < -0.3 is 15.6 Å². The van der Waals surface area contributed by atoms with E-state index in [9.17, 15) is 4.79 Å². The molecule has 1 rings (SSSR count). The van der Waals surface area contributed by atoms with Gasteiger partial charge in [0.05, 0.1) is 9.89 Å². The first-order valence-electron chi connectivity index (χ1n) is 4.74. The number of carboxylic acid groups (broad SMARTS) is 1. The van der Waals surface area contributed by atoms with Crippen LogP contribution in [0.4, 0.5) is 5.69 Å². The fraction of sp³-hybridized carbons (Fsp3) is 0.364. The third kappa shape index (κ3) is 3.13. The number of nitrogens with two attached hydrogens (primary N) is 1. The van der Waals surface area contributed by atoms with Crippen molar-refractivity contribution in [2.45, 2.75) is 13.8 Å². The van der Waals surface area contributed by atoms with Gasteiger partial charge in [-0.3, -0.25) is 4.79 Å². The van der Waals surface area contributed by atoms with Crippen LogP contribution in [0.25, 0.3) is 0 Å². The van der Waals surface area contributed by atoms with Gasteiger partial charge in [0.15, 0.2) is 0 Å². The van der Waals surface area contributed by atoms with E-state index in [1.807, 2.05) is 0 Å². The summed E-state index contributed by atoms with van der Waals surface area (Å²) in [6.45, 7) is 3.30. The summed E-state index contributed by atoms with van der Waals surface area (Å²) in [6, 6.07) is 5.15. The Hall–Kier alpha value is -1.23. The Morgan fingerprint density at radius 2 is 2.19 bits per heavy atom. The first kappa shape index (κ1) is 12.8. The molecule has 0 heterocycles. The van der Waals surface area contributed by atoms with E-state index in [4.69, 9.17) is 15.6 Å². The molecule has 0 spiro atoms. The smallest absolute Gasteiger partial charge is 0.312 e. The predicted octanol–water partition coefficient (Wildman–Crippen LogP) is 2.52. The minimum absolute atomic E-state index is 0.0877. The molecule has 4 nitrogen and oxygen atoms in total. The second kappa shape index (κ2) is 4.74. The van der Waals surface area contributed by atoms with Crippen LogP contribution in [0, 0.1) is 5.41 Å². The van der Waals surface area contributed by atoms with Gasteiger partial charge >= 0.3 is 5.97 Å². The summed E-state index contributed by atoms with van der Waals surface area (Å²) in [4.78, 5) is 10.9. The number of anilines is 1. The molecule has 0 amide bonds. The maximum atomic E-state index is 10.9. The lowest BCUT2D eigenvalue weighted by molar-refractivity contribution is -0.148. The molecule has 0 bridgehead atoms. The molecule has 0 aliphatic rings. The Bertz CT molecular complexity index is 404. The number of benzene rings is 1. The molecule has 0 aliphatic heterocycles. The van der Waals surface area contributed by atoms with Gasteiger partial charge in [0.1, 0.15) is 12.4 Å². The number of halogens is 1. The van der Waals surface area contributed by atoms with Crippen molar-refractivity contribution in [1.82, 2.24) is 0 Å². The predicted molar refractivity (Wildman–Crippen MR) is 65.5 cm³/mol. The van der Waals surface area contributed by atoms with Gasteiger partial charge in [0.25, 0.3) is 0 Å². The van der Waals surface area contributed by atoms with Crippen LogP contribution in [-0.4, -0.2) is 17.7 Å². The quantitative estimate of drug-likeness (QED) is 0.835. The summed E-state index contributed by atoms with van der Waals surface area (Å²) in [7, 11) is 0. The van der Waals surface area contributed by atoms with Gasteiger partial charge in [-0.05, 0) is 41.9 Å². The number of ether oxygens (including phenoxy) is 1. The van der Waals surface area contributed by atoms with Crippen molar-refractivity contribution in [3.8, 4) is 5.75 Å². The van der Waals surface area contributed by atoms with Gasteiger partial charge in [-0.2, -0.15) is 0 Å². The first-order valence-corrected chi connectivity index (χ1v) is 5.53. The fourth-order valence-corrected chi connectivity index (χ4v) is 1.31. The van der Waals surface area contributed by atoms with Crippen LogP contribution in [0.3, 0.4) is 0 Å². The van der Waals surface area contributed by atoms with Crippen molar-refractivity contribution in [3.05, 3.63) is 22.7 Å². The third-order valence-electron chi connectivity index (χ3n) is 2.12. The van der Waals surface area contributed by atoms with Crippen LogP contribution in [0.15, 0.2) is 22.7 Å². The van der Waals surface area contributed by atoms with E-state index in [1.54, 1.807) is 32.0 Å². The van der Waals surface area contributed by atoms with E-state index in [2.05, 4.69) is 15.9 Å². The second-order valence-corrected chi connectivity index (χ2v) is 5.02. The summed E-state index contributed by atoms with van der Waals surface area (Å²) in [6.07, 6.45) is 0. The van der Waals surface area contributed by atoms with Crippen LogP contribution >= 0.6 is 15.9 Å². The van der Waals surface area contributed by atoms with Crippen molar-refractivity contribution >= 4 is 27.6 Å². The molecular weight excluding hydrogens is 274 g/mol. The number of carbonyl (C=O) groups is 1.